The highest BCUT2D eigenvalue weighted by Gasteiger charge is 2.35. The number of halogens is 4. The molecule has 0 bridgehead atoms. The minimum Gasteiger partial charge on any atom is -0.272 e. The number of nitrogens with zero attached hydrogens (tertiary/aromatic N) is 3. The van der Waals surface area contributed by atoms with Gasteiger partial charge in [0.25, 0.3) is 11.8 Å². The van der Waals surface area contributed by atoms with Crippen LogP contribution >= 0.6 is 46.4 Å². The summed E-state index contributed by atoms with van der Waals surface area (Å²) in [5.41, 5.74) is 3.74. The molecule has 1 aromatic heterocycles. The number of nitrogens with one attached hydrogen (secondary N) is 1. The first-order valence-electron chi connectivity index (χ1n) is 8.37. The molecule has 0 radical (unpaired) electrons. The average Bonchev–Trinajstić information content (AvgIpc) is 2.98. The summed E-state index contributed by atoms with van der Waals surface area (Å²) < 4.78 is -1.71. The van der Waals surface area contributed by atoms with Crippen molar-refractivity contribution in [2.24, 2.45) is 4.99 Å². The second kappa shape index (κ2) is 9.13. The number of benzene rings is 1. The van der Waals surface area contributed by atoms with E-state index in [1.54, 1.807) is 48.7 Å². The Balaban J connectivity index is 1.90. The van der Waals surface area contributed by atoms with Crippen LogP contribution in [0.1, 0.15) is 17.7 Å². The summed E-state index contributed by atoms with van der Waals surface area (Å²) in [5.74, 6) is -1.00. The molecule has 0 spiro atoms. The zero-order valence-electron chi connectivity index (χ0n) is 14.7. The monoisotopic (exact) mass is 470 g/mol. The Labute approximate surface area is 187 Å². The Bertz CT molecular complexity index is 959. The van der Waals surface area contributed by atoms with Crippen molar-refractivity contribution in [1.82, 2.24) is 15.4 Å². The Morgan fingerprint density at radius 1 is 1.14 bits per heavy atom. The van der Waals surface area contributed by atoms with Gasteiger partial charge >= 0.3 is 0 Å². The van der Waals surface area contributed by atoms with Crippen LogP contribution in [0.15, 0.2) is 65.4 Å². The molecule has 2 heterocycles. The molecule has 0 saturated carbocycles. The minimum absolute atomic E-state index is 0.107. The molecule has 2 aromatic rings. The zero-order chi connectivity index (χ0) is 21.0. The standard InChI is InChI=1S/C19H14Cl4N4O2/c20-14(11-19(21,22)23)17(28)26-27-16(12-6-2-1-3-7-12)25-15(18(27)29)10-13-8-4-5-9-24-13/h1-10,14H,11H2,(H,26,28)/b15-10-/t14-/m1/s1. The van der Waals surface area contributed by atoms with Gasteiger partial charge in [0.05, 0.1) is 5.69 Å². The molecule has 1 aliphatic rings. The van der Waals surface area contributed by atoms with Crippen LogP contribution in [-0.4, -0.2) is 36.8 Å². The van der Waals surface area contributed by atoms with Gasteiger partial charge in [-0.3, -0.25) is 20.0 Å². The van der Waals surface area contributed by atoms with E-state index in [0.29, 0.717) is 11.3 Å². The Morgan fingerprint density at radius 3 is 2.45 bits per heavy atom. The van der Waals surface area contributed by atoms with Crippen molar-refractivity contribution in [3.8, 4) is 0 Å². The van der Waals surface area contributed by atoms with Gasteiger partial charge in [-0.05, 0) is 18.2 Å². The number of aliphatic imine (C=N–C) groups is 1. The van der Waals surface area contributed by atoms with E-state index >= 15 is 0 Å². The van der Waals surface area contributed by atoms with E-state index in [2.05, 4.69) is 15.4 Å². The van der Waals surface area contributed by atoms with Crippen LogP contribution < -0.4 is 5.43 Å². The number of aromatic nitrogens is 1. The quantitative estimate of drug-likeness (QED) is 0.526. The van der Waals surface area contributed by atoms with E-state index in [4.69, 9.17) is 46.4 Å². The van der Waals surface area contributed by atoms with Crippen molar-refractivity contribution in [3.05, 3.63) is 71.7 Å². The first kappa shape index (κ1) is 21.6. The van der Waals surface area contributed by atoms with Crippen LogP contribution in [0.2, 0.25) is 0 Å². The van der Waals surface area contributed by atoms with Crippen LogP contribution in [0.3, 0.4) is 0 Å². The van der Waals surface area contributed by atoms with Gasteiger partial charge in [0, 0.05) is 18.2 Å². The van der Waals surface area contributed by atoms with Gasteiger partial charge in [0.15, 0.2) is 9.63 Å². The van der Waals surface area contributed by atoms with E-state index in [-0.39, 0.29) is 18.0 Å². The van der Waals surface area contributed by atoms with Gasteiger partial charge in [-0.25, -0.2) is 4.99 Å². The van der Waals surface area contributed by atoms with E-state index in [1.165, 1.54) is 6.08 Å². The summed E-state index contributed by atoms with van der Waals surface area (Å²) in [4.78, 5) is 33.9. The molecule has 1 aromatic carbocycles. The molecule has 10 heteroatoms. The Hall–Kier alpha value is -2.12. The van der Waals surface area contributed by atoms with Crippen molar-refractivity contribution in [3.63, 3.8) is 0 Å². The van der Waals surface area contributed by atoms with Crippen LogP contribution in [-0.2, 0) is 9.59 Å². The fourth-order valence-corrected chi connectivity index (χ4v) is 3.46. The molecule has 150 valence electrons. The zero-order valence-corrected chi connectivity index (χ0v) is 17.8. The third kappa shape index (κ3) is 5.70. The Kier molecular flexibility index (Phi) is 6.80. The van der Waals surface area contributed by atoms with Gasteiger partial charge in [0.2, 0.25) is 0 Å². The number of hydrogen-bond donors (Lipinski definition) is 1. The van der Waals surface area contributed by atoms with Gasteiger partial charge in [-0.2, -0.15) is 5.01 Å². The summed E-state index contributed by atoms with van der Waals surface area (Å²) in [7, 11) is 0. The number of hydrazine groups is 1. The summed E-state index contributed by atoms with van der Waals surface area (Å²) in [6, 6.07) is 14.2. The summed E-state index contributed by atoms with van der Waals surface area (Å²) in [5, 5.41) is -0.142. The lowest BCUT2D eigenvalue weighted by molar-refractivity contribution is -0.133. The van der Waals surface area contributed by atoms with E-state index < -0.39 is 21.0 Å². The largest absolute Gasteiger partial charge is 0.297 e. The molecule has 0 saturated heterocycles. The van der Waals surface area contributed by atoms with Crippen LogP contribution in [0.5, 0.6) is 0 Å². The molecule has 0 unspecified atom stereocenters. The van der Waals surface area contributed by atoms with Gasteiger partial charge in [-0.1, -0.05) is 71.2 Å². The molecule has 0 fully saturated rings. The fraction of sp³-hybridized carbons (Fsp3) is 0.158. The third-order valence-electron chi connectivity index (χ3n) is 3.78. The van der Waals surface area contributed by atoms with Crippen LogP contribution in [0.4, 0.5) is 0 Å². The predicted molar refractivity (Wildman–Crippen MR) is 115 cm³/mol. The van der Waals surface area contributed by atoms with E-state index in [0.717, 1.165) is 5.01 Å². The summed E-state index contributed by atoms with van der Waals surface area (Å²) in [6.07, 6.45) is 2.89. The lowest BCUT2D eigenvalue weighted by atomic mass is 10.2. The molecule has 3 rings (SSSR count). The number of alkyl halides is 4. The minimum atomic E-state index is -1.71. The maximum Gasteiger partial charge on any atom is 0.297 e. The third-order valence-corrected chi connectivity index (χ3v) is 4.60. The van der Waals surface area contributed by atoms with Crippen molar-refractivity contribution in [2.45, 2.75) is 15.6 Å². The fourth-order valence-electron chi connectivity index (χ4n) is 2.48. The van der Waals surface area contributed by atoms with Crippen molar-refractivity contribution in [2.75, 3.05) is 0 Å². The number of carbonyl (C=O) groups excluding carboxylic acids is 2. The lowest BCUT2D eigenvalue weighted by Gasteiger charge is -2.22. The lowest BCUT2D eigenvalue weighted by Crippen LogP contribution is -2.50. The van der Waals surface area contributed by atoms with Crippen molar-refractivity contribution in [1.29, 1.82) is 0 Å². The molecule has 2 amide bonds. The average molecular weight is 472 g/mol. The number of amides is 2. The molecule has 29 heavy (non-hydrogen) atoms. The molecule has 1 N–H and O–H groups in total. The molecular weight excluding hydrogens is 458 g/mol. The predicted octanol–water partition coefficient (Wildman–Crippen LogP) is 4.11. The first-order chi connectivity index (χ1) is 13.7. The smallest absolute Gasteiger partial charge is 0.272 e. The molecular formula is C19H14Cl4N4O2. The number of rotatable bonds is 5. The van der Waals surface area contributed by atoms with Gasteiger partial charge in [-0.15, -0.1) is 11.6 Å². The summed E-state index contributed by atoms with van der Waals surface area (Å²) >= 11 is 23.1. The van der Waals surface area contributed by atoms with Crippen molar-refractivity contribution < 1.29 is 9.59 Å². The second-order valence-corrected chi connectivity index (χ2v) is 9.03. The highest BCUT2D eigenvalue weighted by atomic mass is 35.6. The van der Waals surface area contributed by atoms with Gasteiger partial charge in [0.1, 0.15) is 11.1 Å². The molecule has 1 atom stereocenters. The van der Waals surface area contributed by atoms with Crippen LogP contribution in [0, 0.1) is 0 Å². The SMILES string of the molecule is O=C(NN1C(=O)/C(=C/c2ccccn2)N=C1c1ccccc1)[C@H](Cl)CC(Cl)(Cl)Cl. The number of amidine groups is 1. The summed E-state index contributed by atoms with van der Waals surface area (Å²) in [6.45, 7) is 0. The number of pyridine rings is 1. The van der Waals surface area contributed by atoms with Crippen molar-refractivity contribution >= 4 is 70.1 Å². The molecule has 6 nitrogen and oxygen atoms in total. The maximum absolute atomic E-state index is 12.9. The van der Waals surface area contributed by atoms with E-state index in [1.807, 2.05) is 6.07 Å². The first-order valence-corrected chi connectivity index (χ1v) is 9.94. The molecule has 1 aliphatic heterocycles. The number of carbonyl (C=O) groups is 2. The van der Waals surface area contributed by atoms with E-state index in [9.17, 15) is 9.59 Å². The normalized spacial score (nSPS) is 16.7. The molecule has 0 aliphatic carbocycles. The topological polar surface area (TPSA) is 74.7 Å². The maximum atomic E-state index is 12.9. The van der Waals surface area contributed by atoms with Crippen LogP contribution in [0.25, 0.3) is 6.08 Å². The highest BCUT2D eigenvalue weighted by molar-refractivity contribution is 6.67. The Morgan fingerprint density at radius 2 is 1.83 bits per heavy atom. The van der Waals surface area contributed by atoms with Gasteiger partial charge < -0.3 is 0 Å². The second-order valence-electron chi connectivity index (χ2n) is 5.99. The highest BCUT2D eigenvalue weighted by Crippen LogP contribution is 2.33. The number of hydrogen-bond acceptors (Lipinski definition) is 4.